The molecule has 0 aliphatic heterocycles. The smallest absolute Gasteiger partial charge is 0.335 e. The maximum atomic E-state index is 13.1. The summed E-state index contributed by atoms with van der Waals surface area (Å²) in [5.41, 5.74) is 2.23. The normalized spacial score (nSPS) is 10.5. The average Bonchev–Trinajstić information content (AvgIpc) is 2.88. The van der Waals surface area contributed by atoms with Crippen LogP contribution in [0.2, 0.25) is 5.02 Å². The highest BCUT2D eigenvalue weighted by Gasteiger charge is 2.18. The van der Waals surface area contributed by atoms with Crippen molar-refractivity contribution in [3.8, 4) is 0 Å². The number of aromatic carboxylic acids is 1. The van der Waals surface area contributed by atoms with Crippen LogP contribution in [0.3, 0.4) is 0 Å². The van der Waals surface area contributed by atoms with Crippen molar-refractivity contribution >= 4 is 46.3 Å². The average molecular weight is 486 g/mol. The number of hydrogen-bond acceptors (Lipinski definition) is 5. The molecule has 4 aromatic rings. The molecule has 0 bridgehead atoms. The number of halogens is 1. The highest BCUT2D eigenvalue weighted by molar-refractivity contribution is 6.30. The number of rotatable bonds is 7. The molecule has 0 aliphatic rings. The highest BCUT2D eigenvalue weighted by atomic mass is 35.5. The molecule has 0 fully saturated rings. The van der Waals surface area contributed by atoms with Gasteiger partial charge < -0.3 is 15.3 Å². The second-order valence-corrected chi connectivity index (χ2v) is 8.13. The quantitative estimate of drug-likeness (QED) is 0.326. The third-order valence-electron chi connectivity index (χ3n) is 5.32. The highest BCUT2D eigenvalue weighted by Crippen LogP contribution is 2.25. The third-order valence-corrected chi connectivity index (χ3v) is 5.57. The summed E-state index contributed by atoms with van der Waals surface area (Å²) >= 11 is 5.95. The van der Waals surface area contributed by atoms with Crippen molar-refractivity contribution in [3.05, 3.63) is 119 Å². The predicted octanol–water partition coefficient (Wildman–Crippen LogP) is 5.68. The van der Waals surface area contributed by atoms with E-state index >= 15 is 0 Å². The summed E-state index contributed by atoms with van der Waals surface area (Å²) in [5, 5.41) is 12.8. The van der Waals surface area contributed by atoms with Gasteiger partial charge in [0, 0.05) is 34.6 Å². The second kappa shape index (κ2) is 10.2. The summed E-state index contributed by atoms with van der Waals surface area (Å²) < 4.78 is 0. The van der Waals surface area contributed by atoms with E-state index in [4.69, 9.17) is 11.6 Å². The van der Waals surface area contributed by atoms with E-state index in [2.05, 4.69) is 10.3 Å². The number of nitrogens with zero attached hydrogens (tertiary/aromatic N) is 2. The zero-order valence-corrected chi connectivity index (χ0v) is 19.4. The Kier molecular flexibility index (Phi) is 6.89. The minimum Gasteiger partial charge on any atom is -0.478 e. The fourth-order valence-electron chi connectivity index (χ4n) is 3.42. The predicted molar refractivity (Wildman–Crippen MR) is 135 cm³/mol. The first-order chi connectivity index (χ1) is 16.8. The number of carbonyl (C=O) groups is 3. The van der Waals surface area contributed by atoms with Crippen LogP contribution in [-0.4, -0.2) is 34.8 Å². The van der Waals surface area contributed by atoms with Crippen LogP contribution in [0.1, 0.15) is 36.8 Å². The molecule has 4 rings (SSSR count). The number of nitrogens with one attached hydrogen (secondary N) is 1. The molecule has 8 heteroatoms. The van der Waals surface area contributed by atoms with Gasteiger partial charge >= 0.3 is 5.97 Å². The summed E-state index contributed by atoms with van der Waals surface area (Å²) in [7, 11) is 1.86. The molecule has 3 aromatic carbocycles. The number of anilines is 3. The van der Waals surface area contributed by atoms with Gasteiger partial charge in [0.25, 0.3) is 5.91 Å². The van der Waals surface area contributed by atoms with Crippen molar-refractivity contribution in [1.29, 1.82) is 0 Å². The minimum absolute atomic E-state index is 0.0504. The van der Waals surface area contributed by atoms with Crippen molar-refractivity contribution in [2.45, 2.75) is 0 Å². The van der Waals surface area contributed by atoms with Crippen LogP contribution >= 0.6 is 11.6 Å². The number of benzene rings is 3. The summed E-state index contributed by atoms with van der Waals surface area (Å²) in [6.07, 6.45) is 1.55. The van der Waals surface area contributed by atoms with Gasteiger partial charge in [-0.15, -0.1) is 0 Å². The lowest BCUT2D eigenvalue weighted by atomic mass is 10.00. The van der Waals surface area contributed by atoms with Gasteiger partial charge in [-0.2, -0.15) is 0 Å². The summed E-state index contributed by atoms with van der Waals surface area (Å²) in [5.74, 6) is -2.27. The number of carbonyl (C=O) groups excluding carboxylic acids is 2. The molecule has 0 saturated carbocycles. The number of carboxylic acids is 1. The fraction of sp³-hybridized carbons (Fsp3) is 0.0370. The molecule has 0 radical (unpaired) electrons. The van der Waals surface area contributed by atoms with E-state index in [1.807, 2.05) is 30.1 Å². The zero-order valence-electron chi connectivity index (χ0n) is 18.6. The van der Waals surface area contributed by atoms with Crippen LogP contribution in [0.5, 0.6) is 0 Å². The molecular weight excluding hydrogens is 466 g/mol. The van der Waals surface area contributed by atoms with Gasteiger partial charge in [-0.3, -0.25) is 14.6 Å². The molecule has 174 valence electrons. The third kappa shape index (κ3) is 5.54. The monoisotopic (exact) mass is 485 g/mol. The Morgan fingerprint density at radius 3 is 2.09 bits per heavy atom. The van der Waals surface area contributed by atoms with Crippen LogP contribution in [0, 0.1) is 0 Å². The van der Waals surface area contributed by atoms with E-state index in [-0.39, 0.29) is 22.4 Å². The van der Waals surface area contributed by atoms with Crippen LogP contribution in [-0.2, 0) is 0 Å². The van der Waals surface area contributed by atoms with Gasteiger partial charge in [-0.25, -0.2) is 4.79 Å². The molecule has 1 aromatic heterocycles. The van der Waals surface area contributed by atoms with Gasteiger partial charge in [-0.05, 0) is 66.7 Å². The molecular formula is C27H20ClN3O4. The van der Waals surface area contributed by atoms with Gasteiger partial charge in [-0.1, -0.05) is 29.8 Å². The number of amides is 1. The Hall–Kier alpha value is -4.49. The van der Waals surface area contributed by atoms with Crippen molar-refractivity contribution in [3.63, 3.8) is 0 Å². The lowest BCUT2D eigenvalue weighted by Gasteiger charge is -2.19. The summed E-state index contributed by atoms with van der Waals surface area (Å²) in [4.78, 5) is 43.7. The van der Waals surface area contributed by atoms with Crippen LogP contribution < -0.4 is 10.2 Å². The van der Waals surface area contributed by atoms with Crippen molar-refractivity contribution < 1.29 is 19.5 Å². The number of carboxylic acid groups (broad SMARTS) is 1. The minimum atomic E-state index is -1.25. The van der Waals surface area contributed by atoms with E-state index in [0.717, 1.165) is 11.4 Å². The summed E-state index contributed by atoms with van der Waals surface area (Å²) in [6.45, 7) is 0. The topological polar surface area (TPSA) is 99.6 Å². The lowest BCUT2D eigenvalue weighted by molar-refractivity contribution is 0.0697. The van der Waals surface area contributed by atoms with Crippen LogP contribution in [0.25, 0.3) is 0 Å². The molecule has 0 saturated heterocycles. The van der Waals surface area contributed by atoms with Gasteiger partial charge in [0.15, 0.2) is 0 Å². The molecule has 0 atom stereocenters. The Balaban J connectivity index is 1.60. The van der Waals surface area contributed by atoms with Crippen molar-refractivity contribution in [1.82, 2.24) is 4.98 Å². The number of pyridine rings is 1. The Bertz CT molecular complexity index is 1390. The van der Waals surface area contributed by atoms with Gasteiger partial charge in [0.2, 0.25) is 5.78 Å². The van der Waals surface area contributed by atoms with E-state index in [9.17, 15) is 19.5 Å². The first-order valence-electron chi connectivity index (χ1n) is 10.6. The fourth-order valence-corrected chi connectivity index (χ4v) is 3.54. The molecule has 7 nitrogen and oxygen atoms in total. The standard InChI is InChI=1S/C27H20ClN3O4/c1-31(22-9-7-20(28)8-10-22)23-11-12-24(29-16-23)25(32)17-13-18(15-19(14-17)27(34)35)26(33)30-21-5-3-2-4-6-21/h2-16H,1H3,(H,30,33)(H,34,35). The Morgan fingerprint density at radius 1 is 0.829 bits per heavy atom. The summed E-state index contributed by atoms with van der Waals surface area (Å²) in [6, 6.07) is 23.1. The van der Waals surface area contributed by atoms with E-state index < -0.39 is 17.7 Å². The van der Waals surface area contributed by atoms with E-state index in [1.165, 1.54) is 18.2 Å². The maximum Gasteiger partial charge on any atom is 0.335 e. The Labute approximate surface area is 206 Å². The van der Waals surface area contributed by atoms with Gasteiger partial charge in [0.1, 0.15) is 5.69 Å². The van der Waals surface area contributed by atoms with Crippen molar-refractivity contribution in [2.75, 3.05) is 17.3 Å². The van der Waals surface area contributed by atoms with Crippen LogP contribution in [0.4, 0.5) is 17.1 Å². The van der Waals surface area contributed by atoms with E-state index in [1.54, 1.807) is 54.7 Å². The maximum absolute atomic E-state index is 13.1. The second-order valence-electron chi connectivity index (χ2n) is 7.69. The van der Waals surface area contributed by atoms with Crippen molar-refractivity contribution in [2.24, 2.45) is 0 Å². The first kappa shape index (κ1) is 23.7. The van der Waals surface area contributed by atoms with Gasteiger partial charge in [0.05, 0.1) is 17.4 Å². The first-order valence-corrected chi connectivity index (χ1v) is 10.9. The molecule has 0 aliphatic carbocycles. The Morgan fingerprint density at radius 2 is 1.46 bits per heavy atom. The number of para-hydroxylation sites is 1. The molecule has 35 heavy (non-hydrogen) atoms. The molecule has 1 heterocycles. The number of aromatic nitrogens is 1. The van der Waals surface area contributed by atoms with E-state index in [0.29, 0.717) is 10.7 Å². The zero-order chi connectivity index (χ0) is 24.9. The molecule has 0 unspecified atom stereocenters. The number of hydrogen-bond donors (Lipinski definition) is 2. The molecule has 1 amide bonds. The molecule has 2 N–H and O–H groups in total. The molecule has 0 spiro atoms. The van der Waals surface area contributed by atoms with Crippen LogP contribution in [0.15, 0.2) is 91.1 Å². The largest absolute Gasteiger partial charge is 0.478 e. The lowest BCUT2D eigenvalue weighted by Crippen LogP contribution is -2.15. The SMILES string of the molecule is CN(c1ccc(Cl)cc1)c1ccc(C(=O)c2cc(C(=O)O)cc(C(=O)Nc3ccccc3)c2)nc1. The number of ketones is 1.